The lowest BCUT2D eigenvalue weighted by Crippen LogP contribution is -2.54. The van der Waals surface area contributed by atoms with Crippen LogP contribution in [0, 0.1) is 5.41 Å². The summed E-state index contributed by atoms with van der Waals surface area (Å²) in [4.78, 5) is 34.2. The summed E-state index contributed by atoms with van der Waals surface area (Å²) >= 11 is 0. The van der Waals surface area contributed by atoms with Gasteiger partial charge in [0.25, 0.3) is 0 Å². The number of pyridine rings is 1. The van der Waals surface area contributed by atoms with Gasteiger partial charge >= 0.3 is 0 Å². The number of hydrogen-bond acceptors (Lipinski definition) is 3. The van der Waals surface area contributed by atoms with Crippen LogP contribution < -0.4 is 0 Å². The Hall–Kier alpha value is -3.47. The van der Waals surface area contributed by atoms with E-state index in [1.54, 1.807) is 31.4 Å². The molecule has 0 unspecified atom stereocenters. The Bertz CT molecular complexity index is 1080. The minimum absolute atomic E-state index is 0.0878. The maximum Gasteiger partial charge on any atom is 0.230 e. The second-order valence-electron chi connectivity index (χ2n) is 9.17. The highest BCUT2D eigenvalue weighted by atomic mass is 16.2. The molecule has 1 saturated heterocycles. The second-order valence-corrected chi connectivity index (χ2v) is 9.17. The van der Waals surface area contributed by atoms with Crippen molar-refractivity contribution in [3.63, 3.8) is 0 Å². The molecule has 3 aromatic rings. The molecule has 1 atom stereocenters. The molecular weight excluding hydrogens is 410 g/mol. The number of rotatable bonds is 6. The van der Waals surface area contributed by atoms with Gasteiger partial charge in [0, 0.05) is 39.6 Å². The standard InChI is InChI=1S/C28H31N3O2/c1-30(2)27(33)28(20-23-9-11-24(12-10-23)25-13-16-29-17-14-25)15-6-18-31(21-28)26(32)19-22-7-4-3-5-8-22/h3-5,7-14,16-17H,6,15,18-21H2,1-2H3/t28-/m0/s1. The second kappa shape index (κ2) is 9.99. The Morgan fingerprint density at radius 3 is 2.24 bits per heavy atom. The lowest BCUT2D eigenvalue weighted by molar-refractivity contribution is -0.147. The van der Waals surface area contributed by atoms with E-state index < -0.39 is 5.41 Å². The lowest BCUT2D eigenvalue weighted by atomic mass is 9.73. The summed E-state index contributed by atoms with van der Waals surface area (Å²) in [6.45, 7) is 1.16. The van der Waals surface area contributed by atoms with Crippen molar-refractivity contribution in [3.8, 4) is 11.1 Å². The zero-order valence-electron chi connectivity index (χ0n) is 19.4. The van der Waals surface area contributed by atoms with Crippen molar-refractivity contribution >= 4 is 11.8 Å². The first-order valence-corrected chi connectivity index (χ1v) is 11.5. The lowest BCUT2D eigenvalue weighted by Gasteiger charge is -2.43. The van der Waals surface area contributed by atoms with Gasteiger partial charge < -0.3 is 9.80 Å². The topological polar surface area (TPSA) is 53.5 Å². The normalized spacial score (nSPS) is 18.1. The number of aromatic nitrogens is 1. The molecule has 5 heteroatoms. The third-order valence-corrected chi connectivity index (χ3v) is 6.50. The maximum atomic E-state index is 13.4. The van der Waals surface area contributed by atoms with Gasteiger partial charge in [0.05, 0.1) is 11.8 Å². The molecule has 33 heavy (non-hydrogen) atoms. The first-order valence-electron chi connectivity index (χ1n) is 11.5. The van der Waals surface area contributed by atoms with E-state index in [1.807, 2.05) is 47.4 Å². The van der Waals surface area contributed by atoms with E-state index in [2.05, 4.69) is 29.2 Å². The molecule has 0 saturated carbocycles. The Balaban J connectivity index is 1.54. The minimum Gasteiger partial charge on any atom is -0.348 e. The van der Waals surface area contributed by atoms with E-state index in [0.717, 1.165) is 35.1 Å². The van der Waals surface area contributed by atoms with Gasteiger partial charge in [-0.3, -0.25) is 14.6 Å². The minimum atomic E-state index is -0.605. The van der Waals surface area contributed by atoms with Crippen LogP contribution in [-0.2, 0) is 22.4 Å². The molecule has 1 fully saturated rings. The molecule has 0 radical (unpaired) electrons. The smallest absolute Gasteiger partial charge is 0.230 e. The predicted molar refractivity (Wildman–Crippen MR) is 130 cm³/mol. The van der Waals surface area contributed by atoms with Gasteiger partial charge in [-0.1, -0.05) is 54.6 Å². The largest absolute Gasteiger partial charge is 0.348 e. The predicted octanol–water partition coefficient (Wildman–Crippen LogP) is 4.23. The van der Waals surface area contributed by atoms with Gasteiger partial charge in [0.2, 0.25) is 11.8 Å². The molecule has 2 aromatic carbocycles. The summed E-state index contributed by atoms with van der Waals surface area (Å²) in [5.74, 6) is 0.183. The van der Waals surface area contributed by atoms with Crippen LogP contribution in [-0.4, -0.2) is 53.8 Å². The van der Waals surface area contributed by atoms with Crippen molar-refractivity contribution in [2.24, 2.45) is 5.41 Å². The average Bonchev–Trinajstić information content (AvgIpc) is 2.85. The van der Waals surface area contributed by atoms with Gasteiger partial charge in [-0.25, -0.2) is 0 Å². The number of carbonyl (C=O) groups is 2. The monoisotopic (exact) mass is 441 g/mol. The molecular formula is C28H31N3O2. The Labute approximate surface area is 196 Å². The number of carbonyl (C=O) groups excluding carboxylic acids is 2. The highest BCUT2D eigenvalue weighted by molar-refractivity contribution is 5.85. The van der Waals surface area contributed by atoms with Crippen LogP contribution in [0.15, 0.2) is 79.1 Å². The summed E-state index contributed by atoms with van der Waals surface area (Å²) in [6, 6.07) is 22.2. The maximum absolute atomic E-state index is 13.4. The molecule has 0 bridgehead atoms. The number of piperidine rings is 1. The summed E-state index contributed by atoms with van der Waals surface area (Å²) in [7, 11) is 3.61. The van der Waals surface area contributed by atoms with Crippen LogP contribution >= 0.6 is 0 Å². The van der Waals surface area contributed by atoms with Crippen LogP contribution in [0.4, 0.5) is 0 Å². The first kappa shape index (κ1) is 22.7. The molecule has 2 heterocycles. The molecule has 4 rings (SSSR count). The summed E-state index contributed by atoms with van der Waals surface area (Å²) in [5.41, 5.74) is 3.75. The zero-order valence-corrected chi connectivity index (χ0v) is 19.4. The van der Waals surface area contributed by atoms with E-state index in [4.69, 9.17) is 0 Å². The third-order valence-electron chi connectivity index (χ3n) is 6.50. The molecule has 2 amide bonds. The average molecular weight is 442 g/mol. The van der Waals surface area contributed by atoms with Crippen molar-refractivity contribution in [1.82, 2.24) is 14.8 Å². The molecule has 5 nitrogen and oxygen atoms in total. The molecule has 0 aliphatic carbocycles. The van der Waals surface area contributed by atoms with Gasteiger partial charge in [-0.2, -0.15) is 0 Å². The number of benzene rings is 2. The molecule has 0 spiro atoms. The van der Waals surface area contributed by atoms with E-state index in [0.29, 0.717) is 25.9 Å². The molecule has 1 aliphatic heterocycles. The van der Waals surface area contributed by atoms with E-state index in [9.17, 15) is 9.59 Å². The van der Waals surface area contributed by atoms with Crippen LogP contribution in [0.3, 0.4) is 0 Å². The summed E-state index contributed by atoms with van der Waals surface area (Å²) in [5, 5.41) is 0. The number of likely N-dealkylation sites (tertiary alicyclic amines) is 1. The van der Waals surface area contributed by atoms with Crippen LogP contribution in [0.2, 0.25) is 0 Å². The summed E-state index contributed by atoms with van der Waals surface area (Å²) < 4.78 is 0. The quantitative estimate of drug-likeness (QED) is 0.575. The van der Waals surface area contributed by atoms with Crippen molar-refractivity contribution in [2.45, 2.75) is 25.7 Å². The number of amides is 2. The summed E-state index contributed by atoms with van der Waals surface area (Å²) in [6.07, 6.45) is 6.18. The van der Waals surface area contributed by atoms with E-state index in [-0.39, 0.29) is 11.8 Å². The van der Waals surface area contributed by atoms with Crippen LogP contribution in [0.1, 0.15) is 24.0 Å². The fourth-order valence-electron chi connectivity index (χ4n) is 4.85. The molecule has 1 aromatic heterocycles. The van der Waals surface area contributed by atoms with Gasteiger partial charge in [-0.15, -0.1) is 0 Å². The Morgan fingerprint density at radius 2 is 1.58 bits per heavy atom. The highest BCUT2D eigenvalue weighted by Gasteiger charge is 2.44. The van der Waals surface area contributed by atoms with Gasteiger partial charge in [-0.05, 0) is 53.6 Å². The zero-order chi connectivity index (χ0) is 23.3. The van der Waals surface area contributed by atoms with Gasteiger partial charge in [0.1, 0.15) is 0 Å². The fraction of sp³-hybridized carbons (Fsp3) is 0.321. The van der Waals surface area contributed by atoms with Crippen molar-refractivity contribution in [2.75, 3.05) is 27.2 Å². The van der Waals surface area contributed by atoms with Gasteiger partial charge in [0.15, 0.2) is 0 Å². The number of nitrogens with zero attached hydrogens (tertiary/aromatic N) is 3. The third kappa shape index (κ3) is 5.30. The molecule has 170 valence electrons. The van der Waals surface area contributed by atoms with Crippen LogP contribution in [0.25, 0.3) is 11.1 Å². The fourth-order valence-corrected chi connectivity index (χ4v) is 4.85. The first-order chi connectivity index (χ1) is 16.0. The van der Waals surface area contributed by atoms with Crippen molar-refractivity contribution in [1.29, 1.82) is 0 Å². The highest BCUT2D eigenvalue weighted by Crippen LogP contribution is 2.36. The van der Waals surface area contributed by atoms with Crippen molar-refractivity contribution in [3.05, 3.63) is 90.3 Å². The molecule has 1 aliphatic rings. The Morgan fingerprint density at radius 1 is 0.909 bits per heavy atom. The van der Waals surface area contributed by atoms with Crippen LogP contribution in [0.5, 0.6) is 0 Å². The van der Waals surface area contributed by atoms with E-state index >= 15 is 0 Å². The Kier molecular flexibility index (Phi) is 6.87. The SMILES string of the molecule is CN(C)C(=O)[C@]1(Cc2ccc(-c3ccncc3)cc2)CCCN(C(=O)Cc2ccccc2)C1. The molecule has 0 N–H and O–H groups in total. The van der Waals surface area contributed by atoms with Crippen molar-refractivity contribution < 1.29 is 9.59 Å². The number of hydrogen-bond donors (Lipinski definition) is 0. The van der Waals surface area contributed by atoms with E-state index in [1.165, 1.54) is 0 Å².